The highest BCUT2D eigenvalue weighted by atomic mass is 35.5. The fourth-order valence-electron chi connectivity index (χ4n) is 2.50. The van der Waals surface area contributed by atoms with Crippen LogP contribution in [0.15, 0.2) is 77.7 Å². The van der Waals surface area contributed by atoms with Crippen LogP contribution in [-0.2, 0) is 10.0 Å². The molecule has 0 N–H and O–H groups in total. The number of anilines is 1. The molecule has 5 nitrogen and oxygen atoms in total. The molecule has 0 heterocycles. The van der Waals surface area contributed by atoms with Gasteiger partial charge in [-0.15, -0.1) is 0 Å². The Bertz CT molecular complexity index is 1110. The molecule has 0 fully saturated rings. The number of nitrogens with zero attached hydrogens (tertiary/aromatic N) is 2. The van der Waals surface area contributed by atoms with E-state index in [1.165, 1.54) is 25.2 Å². The van der Waals surface area contributed by atoms with E-state index in [1.807, 2.05) is 24.3 Å². The third-order valence-electron chi connectivity index (χ3n) is 3.88. The van der Waals surface area contributed by atoms with Crippen LogP contribution >= 0.6 is 11.6 Å². The minimum absolute atomic E-state index is 0.0210. The van der Waals surface area contributed by atoms with E-state index in [9.17, 15) is 13.7 Å². The first-order valence-corrected chi connectivity index (χ1v) is 9.76. The van der Waals surface area contributed by atoms with Crippen LogP contribution in [0, 0.1) is 11.3 Å². The van der Waals surface area contributed by atoms with Crippen LogP contribution in [0.1, 0.15) is 5.56 Å². The SMILES string of the molecule is CN(c1ccccc1Oc1ccccc1)S(=O)(=O)c1cc(Cl)ccc1C#N. The summed E-state index contributed by atoms with van der Waals surface area (Å²) in [5, 5.41) is 9.50. The molecular formula is C20H15ClN2O3S. The number of halogens is 1. The molecule has 0 aliphatic carbocycles. The number of hydrogen-bond donors (Lipinski definition) is 0. The first kappa shape index (κ1) is 18.8. The van der Waals surface area contributed by atoms with Crippen molar-refractivity contribution in [3.8, 4) is 17.6 Å². The summed E-state index contributed by atoms with van der Waals surface area (Å²) in [5.41, 5.74) is 0.359. The maximum Gasteiger partial charge on any atom is 0.265 e. The number of nitriles is 1. The summed E-state index contributed by atoms with van der Waals surface area (Å²) in [6, 6.07) is 21.9. The van der Waals surface area contributed by atoms with E-state index in [1.54, 1.807) is 36.4 Å². The van der Waals surface area contributed by atoms with Gasteiger partial charge in [-0.05, 0) is 42.5 Å². The Hall–Kier alpha value is -3.01. The molecule has 3 rings (SSSR count). The first-order chi connectivity index (χ1) is 12.9. The maximum atomic E-state index is 13.1. The van der Waals surface area contributed by atoms with Gasteiger partial charge in [-0.3, -0.25) is 4.31 Å². The van der Waals surface area contributed by atoms with E-state index in [0.717, 1.165) is 4.31 Å². The van der Waals surface area contributed by atoms with Gasteiger partial charge in [-0.25, -0.2) is 8.42 Å². The topological polar surface area (TPSA) is 70.4 Å². The summed E-state index contributed by atoms with van der Waals surface area (Å²) in [7, 11) is -2.62. The van der Waals surface area contributed by atoms with Gasteiger partial charge in [0.15, 0.2) is 5.75 Å². The Labute approximate surface area is 163 Å². The lowest BCUT2D eigenvalue weighted by atomic mass is 10.2. The average Bonchev–Trinajstić information content (AvgIpc) is 2.68. The minimum atomic E-state index is -4.03. The second-order valence-electron chi connectivity index (χ2n) is 5.61. The summed E-state index contributed by atoms with van der Waals surface area (Å²) in [4.78, 5) is -0.158. The number of benzene rings is 3. The van der Waals surface area contributed by atoms with Crippen LogP contribution in [0.4, 0.5) is 5.69 Å². The van der Waals surface area contributed by atoms with Crippen molar-refractivity contribution in [2.75, 3.05) is 11.4 Å². The molecule has 0 radical (unpaired) electrons. The number of rotatable bonds is 5. The summed E-state index contributed by atoms with van der Waals surface area (Å²) in [6.45, 7) is 0. The predicted octanol–water partition coefficient (Wildman–Crippen LogP) is 4.83. The number of para-hydroxylation sites is 3. The van der Waals surface area contributed by atoms with Crippen LogP contribution in [0.3, 0.4) is 0 Å². The van der Waals surface area contributed by atoms with Gasteiger partial charge >= 0.3 is 0 Å². The molecule has 0 saturated carbocycles. The van der Waals surface area contributed by atoms with Crippen LogP contribution in [0.2, 0.25) is 5.02 Å². The Morgan fingerprint density at radius 1 is 1.00 bits per heavy atom. The molecule has 3 aromatic rings. The quantitative estimate of drug-likeness (QED) is 0.617. The second-order valence-corrected chi connectivity index (χ2v) is 7.98. The third kappa shape index (κ3) is 3.90. The van der Waals surface area contributed by atoms with E-state index in [-0.39, 0.29) is 15.5 Å². The molecule has 0 unspecified atom stereocenters. The Morgan fingerprint density at radius 2 is 1.67 bits per heavy atom. The van der Waals surface area contributed by atoms with Gasteiger partial charge in [0, 0.05) is 12.1 Å². The van der Waals surface area contributed by atoms with E-state index in [4.69, 9.17) is 16.3 Å². The zero-order chi connectivity index (χ0) is 19.4. The van der Waals surface area contributed by atoms with Crippen LogP contribution < -0.4 is 9.04 Å². The van der Waals surface area contributed by atoms with Crippen molar-refractivity contribution < 1.29 is 13.2 Å². The van der Waals surface area contributed by atoms with Crippen molar-refractivity contribution in [2.45, 2.75) is 4.90 Å². The Kier molecular flexibility index (Phi) is 5.36. The van der Waals surface area contributed by atoms with Gasteiger partial charge in [0.1, 0.15) is 16.7 Å². The molecule has 27 heavy (non-hydrogen) atoms. The molecular weight excluding hydrogens is 384 g/mol. The van der Waals surface area contributed by atoms with Crippen molar-refractivity contribution in [3.05, 3.63) is 83.4 Å². The highest BCUT2D eigenvalue weighted by Crippen LogP contribution is 2.35. The molecule has 0 amide bonds. The lowest BCUT2D eigenvalue weighted by Gasteiger charge is -2.22. The molecule has 3 aromatic carbocycles. The summed E-state index contributed by atoms with van der Waals surface area (Å²) < 4.78 is 33.2. The molecule has 0 aliphatic heterocycles. The van der Waals surface area contributed by atoms with Crippen molar-refractivity contribution in [1.82, 2.24) is 0 Å². The fraction of sp³-hybridized carbons (Fsp3) is 0.0500. The molecule has 0 atom stereocenters. The van der Waals surface area contributed by atoms with E-state index >= 15 is 0 Å². The average molecular weight is 399 g/mol. The monoisotopic (exact) mass is 398 g/mol. The second kappa shape index (κ2) is 7.70. The fourth-order valence-corrected chi connectivity index (χ4v) is 4.11. The number of hydrogen-bond acceptors (Lipinski definition) is 4. The highest BCUT2D eigenvalue weighted by molar-refractivity contribution is 7.92. The minimum Gasteiger partial charge on any atom is -0.455 e. The third-order valence-corrected chi connectivity index (χ3v) is 5.92. The summed E-state index contributed by atoms with van der Waals surface area (Å²) in [6.07, 6.45) is 0. The van der Waals surface area contributed by atoms with Crippen molar-refractivity contribution in [1.29, 1.82) is 5.26 Å². The largest absolute Gasteiger partial charge is 0.455 e. The molecule has 0 spiro atoms. The lowest BCUT2D eigenvalue weighted by Crippen LogP contribution is -2.27. The molecule has 136 valence electrons. The molecule has 7 heteroatoms. The van der Waals surface area contributed by atoms with Gasteiger partial charge in [-0.1, -0.05) is 41.9 Å². The first-order valence-electron chi connectivity index (χ1n) is 7.94. The normalized spacial score (nSPS) is 10.9. The van der Waals surface area contributed by atoms with Crippen LogP contribution in [0.25, 0.3) is 0 Å². The van der Waals surface area contributed by atoms with Crippen LogP contribution in [-0.4, -0.2) is 15.5 Å². The zero-order valence-corrected chi connectivity index (χ0v) is 15.9. The predicted molar refractivity (Wildman–Crippen MR) is 105 cm³/mol. The van der Waals surface area contributed by atoms with Gasteiger partial charge in [-0.2, -0.15) is 5.26 Å². The van der Waals surface area contributed by atoms with Gasteiger partial charge < -0.3 is 4.74 Å². The molecule has 0 aliphatic rings. The molecule has 0 aromatic heterocycles. The Morgan fingerprint density at radius 3 is 2.37 bits per heavy atom. The Balaban J connectivity index is 2.05. The van der Waals surface area contributed by atoms with Gasteiger partial charge in [0.25, 0.3) is 10.0 Å². The van der Waals surface area contributed by atoms with Crippen molar-refractivity contribution in [2.24, 2.45) is 0 Å². The molecule has 0 bridgehead atoms. The highest BCUT2D eigenvalue weighted by Gasteiger charge is 2.27. The number of ether oxygens (including phenoxy) is 1. The van der Waals surface area contributed by atoms with Gasteiger partial charge in [0.05, 0.1) is 11.3 Å². The van der Waals surface area contributed by atoms with E-state index in [2.05, 4.69) is 0 Å². The smallest absolute Gasteiger partial charge is 0.265 e. The zero-order valence-electron chi connectivity index (χ0n) is 14.3. The standard InChI is InChI=1S/C20H15ClN2O3S/c1-23(27(24,25)20-13-16(21)12-11-15(20)14-22)18-9-5-6-10-19(18)26-17-7-3-2-4-8-17/h2-13H,1H3. The van der Waals surface area contributed by atoms with Gasteiger partial charge in [0.2, 0.25) is 0 Å². The van der Waals surface area contributed by atoms with E-state index in [0.29, 0.717) is 17.2 Å². The molecule has 0 saturated heterocycles. The van der Waals surface area contributed by atoms with Crippen LogP contribution in [0.5, 0.6) is 11.5 Å². The number of sulfonamides is 1. The maximum absolute atomic E-state index is 13.1. The summed E-state index contributed by atoms with van der Waals surface area (Å²) >= 11 is 5.95. The van der Waals surface area contributed by atoms with Crippen molar-refractivity contribution in [3.63, 3.8) is 0 Å². The lowest BCUT2D eigenvalue weighted by molar-refractivity contribution is 0.483. The van der Waals surface area contributed by atoms with Crippen molar-refractivity contribution >= 4 is 27.3 Å². The summed E-state index contributed by atoms with van der Waals surface area (Å²) in [5.74, 6) is 0.950. The van der Waals surface area contributed by atoms with E-state index < -0.39 is 10.0 Å².